The molecule has 0 saturated heterocycles. The molecule has 6 heteroatoms. The highest BCUT2D eigenvalue weighted by molar-refractivity contribution is 7.98. The minimum absolute atomic E-state index is 0.0795. The average molecular weight is 449 g/mol. The number of carbonyl (C=O) groups is 1. The number of nitrogens with zero attached hydrogens (tertiary/aromatic N) is 2. The summed E-state index contributed by atoms with van der Waals surface area (Å²) < 4.78 is 6.79. The quantitative estimate of drug-likeness (QED) is 0.297. The molecule has 0 spiro atoms. The highest BCUT2D eigenvalue weighted by Gasteiger charge is 2.22. The van der Waals surface area contributed by atoms with Gasteiger partial charge in [0.1, 0.15) is 5.75 Å². The molecule has 0 saturated carbocycles. The second kappa shape index (κ2) is 9.54. The van der Waals surface area contributed by atoms with E-state index in [9.17, 15) is 4.79 Å². The topological polar surface area (TPSA) is 42.4 Å². The lowest BCUT2D eigenvalue weighted by Crippen LogP contribution is -2.30. The third-order valence-electron chi connectivity index (χ3n) is 4.72. The largest absolute Gasteiger partial charge is 0.491 e. The van der Waals surface area contributed by atoms with Crippen molar-refractivity contribution < 1.29 is 9.53 Å². The molecule has 0 N–H and O–H groups in total. The highest BCUT2D eigenvalue weighted by Crippen LogP contribution is 2.33. The van der Waals surface area contributed by atoms with Gasteiger partial charge in [-0.05, 0) is 68.1 Å². The summed E-state index contributed by atoms with van der Waals surface area (Å²) in [6, 6.07) is 23.5. The number of rotatable bonds is 7. The van der Waals surface area contributed by atoms with Crippen LogP contribution in [0.3, 0.4) is 0 Å². The van der Waals surface area contributed by atoms with Crippen molar-refractivity contribution in [2.45, 2.75) is 31.4 Å². The van der Waals surface area contributed by atoms with Crippen molar-refractivity contribution in [3.63, 3.8) is 0 Å². The summed E-state index contributed by atoms with van der Waals surface area (Å²) in [5.74, 6) is 0.676. The van der Waals surface area contributed by atoms with Crippen molar-refractivity contribution in [1.82, 2.24) is 4.98 Å². The predicted molar refractivity (Wildman–Crippen MR) is 131 cm³/mol. The summed E-state index contributed by atoms with van der Waals surface area (Å²) in [6.45, 7) is 4.42. The lowest BCUT2D eigenvalue weighted by Gasteiger charge is -2.20. The number of anilines is 1. The summed E-state index contributed by atoms with van der Waals surface area (Å²) in [6.07, 6.45) is 2.14. The predicted octanol–water partition coefficient (Wildman–Crippen LogP) is 6.65. The van der Waals surface area contributed by atoms with Crippen molar-refractivity contribution in [3.8, 4) is 5.75 Å². The first-order valence-electron chi connectivity index (χ1n) is 10.1. The standard InChI is InChI=1S/C25H24N2O2S2/c1-17(2)29-20-11-9-19(10-12-20)24(28)27(16-18-7-5-4-6-8-18)25-26-22-14-13-21(30-3)15-23(22)31-25/h4-15,17H,16H2,1-3H3. The lowest BCUT2D eigenvalue weighted by atomic mass is 10.1. The monoisotopic (exact) mass is 448 g/mol. The van der Waals surface area contributed by atoms with Crippen molar-refractivity contribution in [2.24, 2.45) is 0 Å². The van der Waals surface area contributed by atoms with Gasteiger partial charge >= 0.3 is 0 Å². The van der Waals surface area contributed by atoms with Gasteiger partial charge in [0.05, 0.1) is 22.9 Å². The minimum atomic E-state index is -0.0795. The minimum Gasteiger partial charge on any atom is -0.491 e. The Balaban J connectivity index is 1.69. The van der Waals surface area contributed by atoms with Crippen LogP contribution in [0.2, 0.25) is 0 Å². The van der Waals surface area contributed by atoms with Gasteiger partial charge in [0.25, 0.3) is 5.91 Å². The van der Waals surface area contributed by atoms with Crippen molar-refractivity contribution in [2.75, 3.05) is 11.2 Å². The average Bonchev–Trinajstić information content (AvgIpc) is 3.20. The number of aromatic nitrogens is 1. The van der Waals surface area contributed by atoms with Crippen LogP contribution in [0.1, 0.15) is 29.8 Å². The van der Waals surface area contributed by atoms with E-state index in [1.165, 1.54) is 4.90 Å². The normalized spacial score (nSPS) is 11.1. The van der Waals surface area contributed by atoms with Crippen LogP contribution in [-0.2, 0) is 6.54 Å². The first-order valence-corrected chi connectivity index (χ1v) is 12.1. The maximum Gasteiger partial charge on any atom is 0.260 e. The van der Waals surface area contributed by atoms with Crippen LogP contribution < -0.4 is 9.64 Å². The third-order valence-corrected chi connectivity index (χ3v) is 6.48. The zero-order valence-electron chi connectivity index (χ0n) is 17.7. The summed E-state index contributed by atoms with van der Waals surface area (Å²) in [5.41, 5.74) is 2.57. The fourth-order valence-corrected chi connectivity index (χ4v) is 4.75. The van der Waals surface area contributed by atoms with E-state index in [0.29, 0.717) is 17.2 Å². The van der Waals surface area contributed by atoms with Gasteiger partial charge in [0, 0.05) is 10.5 Å². The maximum atomic E-state index is 13.5. The Morgan fingerprint density at radius 2 is 1.81 bits per heavy atom. The molecule has 31 heavy (non-hydrogen) atoms. The third kappa shape index (κ3) is 5.09. The van der Waals surface area contributed by atoms with Crippen LogP contribution in [-0.4, -0.2) is 23.3 Å². The Hall–Kier alpha value is -2.83. The summed E-state index contributed by atoms with van der Waals surface area (Å²) >= 11 is 3.24. The van der Waals surface area contributed by atoms with Gasteiger partial charge in [-0.3, -0.25) is 9.69 Å². The smallest absolute Gasteiger partial charge is 0.260 e. The fraction of sp³-hybridized carbons (Fsp3) is 0.200. The van der Waals surface area contributed by atoms with Crippen molar-refractivity contribution >= 4 is 44.4 Å². The molecule has 0 aliphatic heterocycles. The zero-order valence-corrected chi connectivity index (χ0v) is 19.4. The van der Waals surface area contributed by atoms with Gasteiger partial charge in [-0.1, -0.05) is 41.7 Å². The summed E-state index contributed by atoms with van der Waals surface area (Å²) in [7, 11) is 0. The van der Waals surface area contributed by atoms with Gasteiger partial charge in [0.15, 0.2) is 5.13 Å². The van der Waals surface area contributed by atoms with Crippen LogP contribution >= 0.6 is 23.1 Å². The van der Waals surface area contributed by atoms with E-state index in [0.717, 1.165) is 21.5 Å². The number of fused-ring (bicyclic) bond motifs is 1. The Labute approximate surface area is 190 Å². The number of thiazole rings is 1. The van der Waals surface area contributed by atoms with Gasteiger partial charge in [-0.25, -0.2) is 4.98 Å². The van der Waals surface area contributed by atoms with Crippen LogP contribution in [0, 0.1) is 0 Å². The number of amides is 1. The molecule has 0 aliphatic carbocycles. The molecule has 0 unspecified atom stereocenters. The number of carbonyl (C=O) groups excluding carboxylic acids is 1. The molecule has 0 atom stereocenters. The van der Waals surface area contributed by atoms with E-state index < -0.39 is 0 Å². The molecule has 0 radical (unpaired) electrons. The van der Waals surface area contributed by atoms with E-state index in [2.05, 4.69) is 18.4 Å². The molecule has 0 aliphatic rings. The molecule has 0 bridgehead atoms. The van der Waals surface area contributed by atoms with Crippen LogP contribution in [0.25, 0.3) is 10.2 Å². The molecule has 4 rings (SSSR count). The molecule has 158 valence electrons. The fourth-order valence-electron chi connectivity index (χ4n) is 3.23. The molecule has 4 aromatic rings. The van der Waals surface area contributed by atoms with E-state index in [-0.39, 0.29) is 12.0 Å². The van der Waals surface area contributed by atoms with E-state index in [4.69, 9.17) is 9.72 Å². The Morgan fingerprint density at radius 3 is 2.48 bits per heavy atom. The van der Waals surface area contributed by atoms with Crippen molar-refractivity contribution in [3.05, 3.63) is 83.9 Å². The van der Waals surface area contributed by atoms with E-state index in [1.54, 1.807) is 28.0 Å². The number of hydrogen-bond donors (Lipinski definition) is 0. The molecule has 0 fully saturated rings. The maximum absolute atomic E-state index is 13.5. The molecule has 1 amide bonds. The molecular weight excluding hydrogens is 424 g/mol. The van der Waals surface area contributed by atoms with E-state index in [1.807, 2.05) is 74.5 Å². The molecule has 1 aromatic heterocycles. The Morgan fingerprint density at radius 1 is 1.06 bits per heavy atom. The van der Waals surface area contributed by atoms with Crippen LogP contribution in [0.4, 0.5) is 5.13 Å². The number of hydrogen-bond acceptors (Lipinski definition) is 5. The van der Waals surface area contributed by atoms with Gasteiger partial charge in [0.2, 0.25) is 0 Å². The van der Waals surface area contributed by atoms with E-state index >= 15 is 0 Å². The van der Waals surface area contributed by atoms with Gasteiger partial charge in [-0.2, -0.15) is 0 Å². The van der Waals surface area contributed by atoms with Gasteiger partial charge < -0.3 is 4.74 Å². The number of benzene rings is 3. The first kappa shape index (κ1) is 21.4. The second-order valence-corrected chi connectivity index (χ2v) is 9.29. The number of thioether (sulfide) groups is 1. The summed E-state index contributed by atoms with van der Waals surface area (Å²) in [5, 5.41) is 0.699. The van der Waals surface area contributed by atoms with Crippen molar-refractivity contribution in [1.29, 1.82) is 0 Å². The first-order chi connectivity index (χ1) is 15.0. The Bertz CT molecular complexity index is 1170. The highest BCUT2D eigenvalue weighted by atomic mass is 32.2. The lowest BCUT2D eigenvalue weighted by molar-refractivity contribution is 0.0985. The Kier molecular flexibility index (Phi) is 6.59. The summed E-state index contributed by atoms with van der Waals surface area (Å²) in [4.78, 5) is 21.3. The molecular formula is C25H24N2O2S2. The number of ether oxygens (including phenoxy) is 1. The van der Waals surface area contributed by atoms with Crippen LogP contribution in [0.15, 0.2) is 77.7 Å². The second-order valence-electron chi connectivity index (χ2n) is 7.40. The van der Waals surface area contributed by atoms with Crippen LogP contribution in [0.5, 0.6) is 5.75 Å². The van der Waals surface area contributed by atoms with Gasteiger partial charge in [-0.15, -0.1) is 11.8 Å². The SMILES string of the molecule is CSc1ccc2nc(N(Cc3ccccc3)C(=O)c3ccc(OC(C)C)cc3)sc2c1. The molecule has 4 nitrogen and oxygen atoms in total. The molecule has 3 aromatic carbocycles. The molecule has 1 heterocycles. The zero-order chi connectivity index (χ0) is 21.8.